The minimum Gasteiger partial charge on any atom is -0.503 e. The van der Waals surface area contributed by atoms with Gasteiger partial charge in [-0.05, 0) is 25.7 Å². The molecule has 0 aliphatic rings. The molecule has 0 fully saturated rings. The lowest BCUT2D eigenvalue weighted by Gasteiger charge is -2.23. The van der Waals surface area contributed by atoms with E-state index in [0.717, 1.165) is 77.0 Å². The zero-order chi connectivity index (χ0) is 35.8. The molecule has 49 heavy (non-hydrogen) atoms. The van der Waals surface area contributed by atoms with Gasteiger partial charge in [0.1, 0.15) is 0 Å². The zero-order valence-corrected chi connectivity index (χ0v) is 32.4. The van der Waals surface area contributed by atoms with Crippen molar-refractivity contribution in [3.63, 3.8) is 0 Å². The second-order valence-corrected chi connectivity index (χ2v) is 13.9. The van der Waals surface area contributed by atoms with Gasteiger partial charge in [-0.25, -0.2) is 4.79 Å². The van der Waals surface area contributed by atoms with Crippen molar-refractivity contribution < 1.29 is 34.0 Å². The summed E-state index contributed by atoms with van der Waals surface area (Å²) >= 11 is 0. The highest BCUT2D eigenvalue weighted by molar-refractivity contribution is 5.97. The number of carboxylic acid groups (broad SMARTS) is 1. The van der Waals surface area contributed by atoms with Crippen molar-refractivity contribution >= 4 is 5.97 Å². The number of carboxylic acids is 1. The van der Waals surface area contributed by atoms with E-state index in [1.54, 1.807) is 0 Å². The third kappa shape index (κ3) is 20.8. The average Bonchev–Trinajstić information content (AvgIpc) is 3.09. The Morgan fingerprint density at radius 3 is 0.939 bits per heavy atom. The predicted molar refractivity (Wildman–Crippen MR) is 204 cm³/mol. The Hall–Kier alpha value is -2.31. The van der Waals surface area contributed by atoms with Gasteiger partial charge in [0.25, 0.3) is 0 Å². The van der Waals surface area contributed by atoms with E-state index >= 15 is 0 Å². The lowest BCUT2D eigenvalue weighted by molar-refractivity contribution is 0.0685. The van der Waals surface area contributed by atoms with Crippen LogP contribution in [0.4, 0.5) is 0 Å². The normalized spacial score (nSPS) is 11.2. The van der Waals surface area contributed by atoms with E-state index in [1.165, 1.54) is 96.3 Å². The number of phenols is 1. The smallest absolute Gasteiger partial charge is 0.343 e. The van der Waals surface area contributed by atoms with Gasteiger partial charge >= 0.3 is 5.97 Å². The van der Waals surface area contributed by atoms with Crippen LogP contribution in [-0.2, 0) is 0 Å². The number of ether oxygens (including phenoxy) is 4. The summed E-state index contributed by atoms with van der Waals surface area (Å²) < 4.78 is 25.2. The highest BCUT2D eigenvalue weighted by atomic mass is 16.6. The fraction of sp³-hybridized carbons (Fsp3) is 0.833. The molecular weight excluding hydrogens is 616 g/mol. The Bertz CT molecular complexity index is 932. The molecule has 0 aliphatic carbocycles. The van der Waals surface area contributed by atoms with Crippen LogP contribution in [0.3, 0.4) is 0 Å². The zero-order valence-electron chi connectivity index (χ0n) is 32.4. The molecule has 1 rings (SSSR count). The van der Waals surface area contributed by atoms with E-state index in [2.05, 4.69) is 27.7 Å². The molecular formula is C42H76O7. The molecule has 7 nitrogen and oxygen atoms in total. The molecule has 0 saturated carbocycles. The first-order valence-corrected chi connectivity index (χ1v) is 20.7. The van der Waals surface area contributed by atoms with Crippen molar-refractivity contribution in [3.8, 4) is 28.7 Å². The fourth-order valence-corrected chi connectivity index (χ4v) is 6.14. The molecule has 0 atom stereocenters. The third-order valence-electron chi connectivity index (χ3n) is 9.24. The fourth-order valence-electron chi connectivity index (χ4n) is 6.14. The average molecular weight is 693 g/mol. The molecule has 0 saturated heterocycles. The van der Waals surface area contributed by atoms with Crippen LogP contribution in [0.25, 0.3) is 0 Å². The molecule has 0 aromatic heterocycles. The van der Waals surface area contributed by atoms with Crippen molar-refractivity contribution in [3.05, 3.63) is 5.56 Å². The number of rotatable bonds is 36. The molecule has 286 valence electrons. The molecule has 0 spiro atoms. The maximum absolute atomic E-state index is 12.7. The van der Waals surface area contributed by atoms with Gasteiger partial charge in [-0.15, -0.1) is 0 Å². The number of hydrogen-bond acceptors (Lipinski definition) is 6. The second kappa shape index (κ2) is 31.7. The van der Waals surface area contributed by atoms with Crippen molar-refractivity contribution in [1.29, 1.82) is 0 Å². The summed E-state index contributed by atoms with van der Waals surface area (Å²) in [5.41, 5.74) is -0.307. The maximum atomic E-state index is 12.7. The number of aromatic hydroxyl groups is 1. The molecule has 0 amide bonds. The van der Waals surface area contributed by atoms with Gasteiger partial charge in [-0.2, -0.15) is 0 Å². The van der Waals surface area contributed by atoms with Crippen LogP contribution in [0.1, 0.15) is 211 Å². The molecule has 2 N–H and O–H groups in total. The van der Waals surface area contributed by atoms with Gasteiger partial charge in [0.15, 0.2) is 17.1 Å². The molecule has 0 unspecified atom stereocenters. The van der Waals surface area contributed by atoms with Gasteiger partial charge in [0.05, 0.1) is 26.4 Å². The molecule has 7 heteroatoms. The minimum absolute atomic E-state index is 0.0559. The van der Waals surface area contributed by atoms with E-state index in [4.69, 9.17) is 18.9 Å². The first kappa shape index (κ1) is 44.7. The number of hydrogen-bond donors (Lipinski definition) is 2. The molecule has 0 radical (unpaired) electrons. The minimum atomic E-state index is -1.27. The van der Waals surface area contributed by atoms with Gasteiger partial charge in [-0.1, -0.05) is 175 Å². The number of carbonyl (C=O) groups is 1. The number of benzene rings is 1. The monoisotopic (exact) mass is 693 g/mol. The van der Waals surface area contributed by atoms with Crippen LogP contribution in [0.2, 0.25) is 0 Å². The summed E-state index contributed by atoms with van der Waals surface area (Å²) in [6.45, 7) is 10.4. The van der Waals surface area contributed by atoms with Crippen molar-refractivity contribution in [2.45, 2.75) is 201 Å². The first-order valence-electron chi connectivity index (χ1n) is 20.7. The van der Waals surface area contributed by atoms with Crippen LogP contribution in [0.15, 0.2) is 0 Å². The largest absolute Gasteiger partial charge is 0.503 e. The Morgan fingerprint density at radius 2 is 0.633 bits per heavy atom. The molecule has 0 heterocycles. The van der Waals surface area contributed by atoms with E-state index in [9.17, 15) is 15.0 Å². The lowest BCUT2D eigenvalue weighted by atomic mass is 10.1. The maximum Gasteiger partial charge on any atom is 0.343 e. The summed E-state index contributed by atoms with van der Waals surface area (Å²) in [6, 6.07) is 0. The van der Waals surface area contributed by atoms with Crippen LogP contribution < -0.4 is 18.9 Å². The van der Waals surface area contributed by atoms with Gasteiger partial charge in [-0.3, -0.25) is 0 Å². The first-order chi connectivity index (χ1) is 24.0. The Morgan fingerprint density at radius 1 is 0.388 bits per heavy atom. The standard InChI is InChI=1S/C42H76O7/c1-5-9-13-17-21-25-28-32-46-38-36(42(44)45)37(43)39(47-33-29-24-20-16-12-8-4)41(49-35-31-27-23-19-15-11-7-3)40(38)48-34-30-26-22-18-14-10-6-2/h43H,5-35H2,1-4H3,(H,44,45). The summed E-state index contributed by atoms with van der Waals surface area (Å²) in [5.74, 6) is -1.06. The highest BCUT2D eigenvalue weighted by Gasteiger charge is 2.32. The van der Waals surface area contributed by atoms with Crippen molar-refractivity contribution in [1.82, 2.24) is 0 Å². The van der Waals surface area contributed by atoms with Crippen molar-refractivity contribution in [2.24, 2.45) is 0 Å². The van der Waals surface area contributed by atoms with Crippen molar-refractivity contribution in [2.75, 3.05) is 26.4 Å². The predicted octanol–water partition coefficient (Wildman–Crippen LogP) is 13.2. The van der Waals surface area contributed by atoms with Crippen LogP contribution >= 0.6 is 0 Å². The van der Waals surface area contributed by atoms with Crippen LogP contribution in [0.5, 0.6) is 28.7 Å². The third-order valence-corrected chi connectivity index (χ3v) is 9.24. The summed E-state index contributed by atoms with van der Waals surface area (Å²) in [5, 5.41) is 21.8. The molecule has 1 aromatic carbocycles. The highest BCUT2D eigenvalue weighted by Crippen LogP contribution is 2.54. The summed E-state index contributed by atoms with van der Waals surface area (Å²) in [7, 11) is 0. The topological polar surface area (TPSA) is 94.5 Å². The lowest BCUT2D eigenvalue weighted by Crippen LogP contribution is -2.13. The van der Waals surface area contributed by atoms with Gasteiger partial charge < -0.3 is 29.2 Å². The van der Waals surface area contributed by atoms with Crippen LogP contribution in [-0.4, -0.2) is 42.6 Å². The second-order valence-electron chi connectivity index (χ2n) is 13.9. The Kier molecular flexibility index (Phi) is 28.9. The van der Waals surface area contributed by atoms with Gasteiger partial charge in [0, 0.05) is 0 Å². The molecule has 0 bridgehead atoms. The number of unbranched alkanes of at least 4 members (excludes halogenated alkanes) is 23. The summed E-state index contributed by atoms with van der Waals surface area (Å²) in [6.07, 6.45) is 30.4. The van der Waals surface area contributed by atoms with Gasteiger partial charge in [0.2, 0.25) is 17.2 Å². The number of aromatic carboxylic acids is 1. The molecule has 1 aromatic rings. The SMILES string of the molecule is CCCCCCCCCOc1c(OCCCCCCCC)c(O)c(C(=O)O)c(OCCCCCCCCC)c1OCCCCCCCCC. The summed E-state index contributed by atoms with van der Waals surface area (Å²) in [4.78, 5) is 12.7. The van der Waals surface area contributed by atoms with E-state index < -0.39 is 11.7 Å². The molecule has 0 aliphatic heterocycles. The van der Waals surface area contributed by atoms with Crippen LogP contribution in [0, 0.1) is 0 Å². The Labute approximate surface area is 301 Å². The Balaban J connectivity index is 3.24. The quantitative estimate of drug-likeness (QED) is 0.0676. The van der Waals surface area contributed by atoms with E-state index in [1.807, 2.05) is 0 Å². The van der Waals surface area contributed by atoms with E-state index in [0.29, 0.717) is 26.4 Å². The van der Waals surface area contributed by atoms with E-state index in [-0.39, 0.29) is 28.6 Å².